The lowest BCUT2D eigenvalue weighted by atomic mass is 10.1. The highest BCUT2D eigenvalue weighted by atomic mass is 32.2. The van der Waals surface area contributed by atoms with Gasteiger partial charge < -0.3 is 10.1 Å². The first-order valence-electron chi connectivity index (χ1n) is 7.41. The van der Waals surface area contributed by atoms with E-state index in [0.29, 0.717) is 13.2 Å². The summed E-state index contributed by atoms with van der Waals surface area (Å²) in [5.74, 6) is 1.83. The smallest absolute Gasteiger partial charge is 0.128 e. The van der Waals surface area contributed by atoms with Crippen molar-refractivity contribution in [2.24, 2.45) is 5.92 Å². The first-order valence-corrected chi connectivity index (χ1v) is 8.39. The van der Waals surface area contributed by atoms with Gasteiger partial charge >= 0.3 is 0 Å². The summed E-state index contributed by atoms with van der Waals surface area (Å²) >= 11 is 1.81. The molecule has 0 saturated heterocycles. The fraction of sp³-hybridized carbons (Fsp3) is 0.625. The van der Waals surface area contributed by atoms with Gasteiger partial charge in [-0.3, -0.25) is 0 Å². The molecule has 1 aliphatic rings. The minimum atomic E-state index is -0.105. The molecule has 1 N–H and O–H groups in total. The summed E-state index contributed by atoms with van der Waals surface area (Å²) in [4.78, 5) is 1.09. The van der Waals surface area contributed by atoms with Crippen LogP contribution >= 0.6 is 11.8 Å². The van der Waals surface area contributed by atoms with Crippen molar-refractivity contribution in [2.75, 3.05) is 26.0 Å². The third kappa shape index (κ3) is 4.76. The van der Waals surface area contributed by atoms with E-state index in [1.807, 2.05) is 23.9 Å². The summed E-state index contributed by atoms with van der Waals surface area (Å²) < 4.78 is 19.0. The number of halogens is 1. The fourth-order valence-electron chi connectivity index (χ4n) is 2.62. The van der Waals surface area contributed by atoms with Crippen LogP contribution in [-0.2, 0) is 11.3 Å². The van der Waals surface area contributed by atoms with Crippen molar-refractivity contribution in [1.29, 1.82) is 0 Å². The van der Waals surface area contributed by atoms with Crippen LogP contribution in [0.25, 0.3) is 0 Å². The van der Waals surface area contributed by atoms with Crippen LogP contribution in [-0.4, -0.2) is 26.0 Å². The first-order chi connectivity index (χ1) is 9.81. The molecule has 0 atom stereocenters. The van der Waals surface area contributed by atoms with Gasteiger partial charge in [0.15, 0.2) is 0 Å². The standard InChI is InChI=1S/C16H24FNOS/c1-19-10-9-18-11-14-15(17)7-4-8-16(14)20-12-13-5-2-3-6-13/h4,7-8,13,18H,2-3,5-6,9-12H2,1H3. The highest BCUT2D eigenvalue weighted by Gasteiger charge is 2.16. The Balaban J connectivity index is 1.90. The lowest BCUT2D eigenvalue weighted by Gasteiger charge is -2.13. The molecule has 0 spiro atoms. The molecule has 0 radical (unpaired) electrons. The Labute approximate surface area is 125 Å². The van der Waals surface area contributed by atoms with Gasteiger partial charge in [-0.15, -0.1) is 11.8 Å². The molecule has 0 bridgehead atoms. The van der Waals surface area contributed by atoms with Gasteiger partial charge in [-0.1, -0.05) is 18.9 Å². The molecule has 1 aliphatic carbocycles. The van der Waals surface area contributed by atoms with Crippen LogP contribution in [0.3, 0.4) is 0 Å². The van der Waals surface area contributed by atoms with Gasteiger partial charge in [0, 0.05) is 36.4 Å². The number of benzene rings is 1. The molecule has 0 heterocycles. The number of thioether (sulfide) groups is 1. The van der Waals surface area contributed by atoms with E-state index in [0.717, 1.165) is 28.7 Å². The van der Waals surface area contributed by atoms with Crippen LogP contribution in [0.5, 0.6) is 0 Å². The third-order valence-corrected chi connectivity index (χ3v) is 5.14. The summed E-state index contributed by atoms with van der Waals surface area (Å²) in [6.45, 7) is 1.97. The molecule has 2 nitrogen and oxygen atoms in total. The van der Waals surface area contributed by atoms with E-state index in [4.69, 9.17) is 4.74 Å². The van der Waals surface area contributed by atoms with Crippen molar-refractivity contribution >= 4 is 11.8 Å². The molecule has 0 aliphatic heterocycles. The second-order valence-electron chi connectivity index (χ2n) is 5.35. The van der Waals surface area contributed by atoms with Gasteiger partial charge in [0.2, 0.25) is 0 Å². The number of hydrogen-bond donors (Lipinski definition) is 1. The van der Waals surface area contributed by atoms with Gasteiger partial charge in [0.25, 0.3) is 0 Å². The SMILES string of the molecule is COCCNCc1c(F)cccc1SCC1CCCC1. The van der Waals surface area contributed by atoms with Crippen molar-refractivity contribution in [1.82, 2.24) is 5.32 Å². The Hall–Kier alpha value is -0.580. The highest BCUT2D eigenvalue weighted by molar-refractivity contribution is 7.99. The van der Waals surface area contributed by atoms with E-state index >= 15 is 0 Å². The minimum Gasteiger partial charge on any atom is -0.383 e. The van der Waals surface area contributed by atoms with Gasteiger partial charge in [-0.25, -0.2) is 4.39 Å². The maximum atomic E-state index is 14.0. The molecule has 2 rings (SSSR count). The quantitative estimate of drug-likeness (QED) is 0.582. The predicted octanol–water partition coefficient (Wildman–Crippen LogP) is 3.84. The molecule has 0 unspecified atom stereocenters. The van der Waals surface area contributed by atoms with Gasteiger partial charge in [-0.2, -0.15) is 0 Å². The maximum absolute atomic E-state index is 14.0. The first kappa shape index (κ1) is 15.8. The van der Waals surface area contributed by atoms with Crippen LogP contribution in [0, 0.1) is 11.7 Å². The Morgan fingerprint density at radius 1 is 1.35 bits per heavy atom. The Morgan fingerprint density at radius 2 is 2.15 bits per heavy atom. The predicted molar refractivity (Wildman–Crippen MR) is 82.7 cm³/mol. The maximum Gasteiger partial charge on any atom is 0.128 e. The lowest BCUT2D eigenvalue weighted by Crippen LogP contribution is -2.19. The van der Waals surface area contributed by atoms with E-state index < -0.39 is 0 Å². The van der Waals surface area contributed by atoms with E-state index in [9.17, 15) is 4.39 Å². The molecule has 1 aromatic rings. The lowest BCUT2D eigenvalue weighted by molar-refractivity contribution is 0.199. The molecule has 20 heavy (non-hydrogen) atoms. The molecule has 112 valence electrons. The zero-order chi connectivity index (χ0) is 14.2. The minimum absolute atomic E-state index is 0.105. The molecule has 1 fully saturated rings. The van der Waals surface area contributed by atoms with E-state index in [1.54, 1.807) is 13.2 Å². The third-order valence-electron chi connectivity index (χ3n) is 3.81. The second-order valence-corrected chi connectivity index (χ2v) is 6.41. The fourth-order valence-corrected chi connectivity index (χ4v) is 3.89. The summed E-state index contributed by atoms with van der Waals surface area (Å²) in [5, 5.41) is 3.23. The van der Waals surface area contributed by atoms with Crippen LogP contribution in [0.4, 0.5) is 4.39 Å². The van der Waals surface area contributed by atoms with Gasteiger partial charge in [-0.05, 0) is 30.9 Å². The number of hydrogen-bond acceptors (Lipinski definition) is 3. The van der Waals surface area contributed by atoms with Gasteiger partial charge in [0.1, 0.15) is 5.82 Å². The summed E-state index contributed by atoms with van der Waals surface area (Å²) in [5.41, 5.74) is 0.798. The van der Waals surface area contributed by atoms with E-state index in [1.165, 1.54) is 25.7 Å². The van der Waals surface area contributed by atoms with Crippen molar-refractivity contribution in [3.63, 3.8) is 0 Å². The van der Waals surface area contributed by atoms with E-state index in [2.05, 4.69) is 5.32 Å². The Bertz CT molecular complexity index is 407. The average molecular weight is 297 g/mol. The van der Waals surface area contributed by atoms with Crippen LogP contribution in [0.1, 0.15) is 31.2 Å². The number of ether oxygens (including phenoxy) is 1. The molecular weight excluding hydrogens is 273 g/mol. The molecule has 1 aromatic carbocycles. The number of nitrogens with one attached hydrogen (secondary N) is 1. The number of methoxy groups -OCH3 is 1. The van der Waals surface area contributed by atoms with Crippen molar-refractivity contribution in [3.8, 4) is 0 Å². The zero-order valence-corrected chi connectivity index (χ0v) is 13.0. The molecule has 0 amide bonds. The molecule has 0 aromatic heterocycles. The van der Waals surface area contributed by atoms with Crippen LogP contribution in [0.15, 0.2) is 23.1 Å². The molecular formula is C16H24FNOS. The summed E-state index contributed by atoms with van der Waals surface area (Å²) in [6.07, 6.45) is 5.40. The average Bonchev–Trinajstić information content (AvgIpc) is 2.96. The summed E-state index contributed by atoms with van der Waals surface area (Å²) in [7, 11) is 1.67. The topological polar surface area (TPSA) is 21.3 Å². The molecule has 4 heteroatoms. The van der Waals surface area contributed by atoms with Crippen LogP contribution in [0.2, 0.25) is 0 Å². The zero-order valence-electron chi connectivity index (χ0n) is 12.2. The monoisotopic (exact) mass is 297 g/mol. The Morgan fingerprint density at radius 3 is 2.90 bits per heavy atom. The molecule has 1 saturated carbocycles. The summed E-state index contributed by atoms with van der Waals surface area (Å²) in [6, 6.07) is 5.40. The largest absolute Gasteiger partial charge is 0.383 e. The van der Waals surface area contributed by atoms with Crippen LogP contribution < -0.4 is 5.32 Å². The number of rotatable bonds is 8. The van der Waals surface area contributed by atoms with E-state index in [-0.39, 0.29) is 5.82 Å². The van der Waals surface area contributed by atoms with Crippen molar-refractivity contribution in [3.05, 3.63) is 29.6 Å². The normalized spacial score (nSPS) is 15.9. The van der Waals surface area contributed by atoms with Crippen molar-refractivity contribution in [2.45, 2.75) is 37.1 Å². The van der Waals surface area contributed by atoms with Gasteiger partial charge in [0.05, 0.1) is 6.61 Å². The highest BCUT2D eigenvalue weighted by Crippen LogP contribution is 2.32. The Kier molecular flexibility index (Phi) is 6.83. The second kappa shape index (κ2) is 8.65. The van der Waals surface area contributed by atoms with Crippen molar-refractivity contribution < 1.29 is 9.13 Å².